The van der Waals surface area contributed by atoms with E-state index in [1.54, 1.807) is 19.1 Å². The minimum atomic E-state index is -0.683. The summed E-state index contributed by atoms with van der Waals surface area (Å²) >= 11 is 5.63. The van der Waals surface area contributed by atoms with Crippen molar-refractivity contribution in [2.75, 3.05) is 11.5 Å². The second-order valence-corrected chi connectivity index (χ2v) is 7.25. The third kappa shape index (κ3) is 2.60. The molecule has 0 aliphatic carbocycles. The van der Waals surface area contributed by atoms with Crippen LogP contribution in [0.5, 0.6) is 11.5 Å². The van der Waals surface area contributed by atoms with Crippen molar-refractivity contribution in [3.05, 3.63) is 53.3 Å². The summed E-state index contributed by atoms with van der Waals surface area (Å²) in [6.07, 6.45) is 0.714. The molecule has 2 aromatic rings. The van der Waals surface area contributed by atoms with E-state index in [-0.39, 0.29) is 11.9 Å². The van der Waals surface area contributed by atoms with Gasteiger partial charge in [0.15, 0.2) is 22.3 Å². The summed E-state index contributed by atoms with van der Waals surface area (Å²) in [5.41, 5.74) is 1.74. The van der Waals surface area contributed by atoms with Crippen LogP contribution in [-0.2, 0) is 0 Å². The number of benzene rings is 2. The second-order valence-electron chi connectivity index (χ2n) is 6.86. The van der Waals surface area contributed by atoms with Gasteiger partial charge in [0.1, 0.15) is 5.82 Å². The Hall–Kier alpha value is -2.34. The number of aryl methyl sites for hydroxylation is 1. The van der Waals surface area contributed by atoms with Gasteiger partial charge >= 0.3 is 0 Å². The summed E-state index contributed by atoms with van der Waals surface area (Å²) in [6, 6.07) is 11.0. The van der Waals surface area contributed by atoms with Crippen LogP contribution >= 0.6 is 12.2 Å². The lowest BCUT2D eigenvalue weighted by Crippen LogP contribution is -2.65. The molecular formula is C20H21FN2O2S. The van der Waals surface area contributed by atoms with Gasteiger partial charge in [-0.1, -0.05) is 12.1 Å². The molecule has 1 fully saturated rings. The van der Waals surface area contributed by atoms with Gasteiger partial charge in [-0.2, -0.15) is 0 Å². The Bertz CT molecular complexity index is 888. The topological polar surface area (TPSA) is 33.7 Å². The van der Waals surface area contributed by atoms with Crippen LogP contribution in [0.4, 0.5) is 10.1 Å². The van der Waals surface area contributed by atoms with Crippen molar-refractivity contribution in [3.8, 4) is 11.5 Å². The van der Waals surface area contributed by atoms with Gasteiger partial charge in [0.05, 0.1) is 12.6 Å². The van der Waals surface area contributed by atoms with Crippen LogP contribution in [0.1, 0.15) is 37.4 Å². The van der Waals surface area contributed by atoms with Gasteiger partial charge in [-0.05, 0) is 62.8 Å². The lowest BCUT2D eigenvalue weighted by molar-refractivity contribution is 0.0457. The molecule has 0 spiro atoms. The lowest BCUT2D eigenvalue weighted by atomic mass is 9.90. The molecule has 4 nitrogen and oxygen atoms in total. The standard InChI is InChI=1S/C20H21FN2O2S/c1-4-24-17-7-5-6-14-16-11-20(3,25-18(14)17)23(19(26)22-16)13-8-9-15(21)12(2)10-13/h5-10,16H,4,11H2,1-3H3,(H,22,26). The number of ether oxygens (including phenoxy) is 2. The van der Waals surface area contributed by atoms with Crippen LogP contribution in [0, 0.1) is 12.7 Å². The number of nitrogens with one attached hydrogen (secondary N) is 1. The van der Waals surface area contributed by atoms with E-state index in [0.29, 0.717) is 23.7 Å². The first kappa shape index (κ1) is 17.1. The van der Waals surface area contributed by atoms with E-state index in [9.17, 15) is 4.39 Å². The first-order valence-electron chi connectivity index (χ1n) is 8.74. The molecule has 0 aromatic heterocycles. The fourth-order valence-electron chi connectivity index (χ4n) is 3.79. The molecule has 2 heterocycles. The summed E-state index contributed by atoms with van der Waals surface area (Å²) in [5, 5.41) is 3.98. The Morgan fingerprint density at radius 3 is 2.92 bits per heavy atom. The van der Waals surface area contributed by atoms with Gasteiger partial charge in [0.2, 0.25) is 0 Å². The number of hydrogen-bond acceptors (Lipinski definition) is 3. The minimum Gasteiger partial charge on any atom is -0.490 e. The van der Waals surface area contributed by atoms with Gasteiger partial charge in [-0.3, -0.25) is 4.90 Å². The number of fused-ring (bicyclic) bond motifs is 4. The van der Waals surface area contributed by atoms with Crippen LogP contribution in [0.15, 0.2) is 36.4 Å². The van der Waals surface area contributed by atoms with E-state index in [1.165, 1.54) is 6.07 Å². The number of anilines is 1. The third-order valence-electron chi connectivity index (χ3n) is 4.96. The van der Waals surface area contributed by atoms with Gasteiger partial charge < -0.3 is 14.8 Å². The summed E-state index contributed by atoms with van der Waals surface area (Å²) in [5.74, 6) is 1.24. The molecule has 2 aromatic carbocycles. The average Bonchev–Trinajstić information content (AvgIpc) is 2.58. The van der Waals surface area contributed by atoms with Crippen molar-refractivity contribution in [1.29, 1.82) is 0 Å². The molecule has 2 bridgehead atoms. The molecule has 2 unspecified atom stereocenters. The van der Waals surface area contributed by atoms with Crippen molar-refractivity contribution in [2.45, 2.75) is 39.0 Å². The molecule has 2 aliphatic rings. The molecule has 0 saturated carbocycles. The molecular weight excluding hydrogens is 351 g/mol. The van der Waals surface area contributed by atoms with Crippen LogP contribution in [0.2, 0.25) is 0 Å². The van der Waals surface area contributed by atoms with Crippen molar-refractivity contribution < 1.29 is 13.9 Å². The van der Waals surface area contributed by atoms with E-state index in [0.717, 1.165) is 22.7 Å². The van der Waals surface area contributed by atoms with E-state index in [4.69, 9.17) is 21.7 Å². The number of hydrogen-bond donors (Lipinski definition) is 1. The van der Waals surface area contributed by atoms with Gasteiger partial charge in [0, 0.05) is 17.7 Å². The molecule has 0 radical (unpaired) electrons. The lowest BCUT2D eigenvalue weighted by Gasteiger charge is -2.52. The van der Waals surface area contributed by atoms with Crippen molar-refractivity contribution in [2.24, 2.45) is 0 Å². The molecule has 2 atom stereocenters. The Labute approximate surface area is 157 Å². The molecule has 1 N–H and O–H groups in total. The van der Waals surface area contributed by atoms with E-state index in [2.05, 4.69) is 5.32 Å². The summed E-state index contributed by atoms with van der Waals surface area (Å²) in [4.78, 5) is 1.93. The summed E-state index contributed by atoms with van der Waals surface area (Å²) in [7, 11) is 0. The highest BCUT2D eigenvalue weighted by atomic mass is 32.1. The first-order chi connectivity index (χ1) is 12.4. The molecule has 0 amide bonds. The van der Waals surface area contributed by atoms with E-state index in [1.807, 2.05) is 36.9 Å². The van der Waals surface area contributed by atoms with Crippen molar-refractivity contribution >= 4 is 23.0 Å². The maximum Gasteiger partial charge on any atom is 0.188 e. The summed E-state index contributed by atoms with van der Waals surface area (Å²) in [6.45, 7) is 6.27. The largest absolute Gasteiger partial charge is 0.490 e. The Morgan fingerprint density at radius 2 is 2.19 bits per heavy atom. The quantitative estimate of drug-likeness (QED) is 0.804. The van der Waals surface area contributed by atoms with Crippen LogP contribution in [0.25, 0.3) is 0 Å². The molecule has 6 heteroatoms. The zero-order valence-corrected chi connectivity index (χ0v) is 15.8. The summed E-state index contributed by atoms with van der Waals surface area (Å²) < 4.78 is 26.0. The molecule has 136 valence electrons. The van der Waals surface area contributed by atoms with E-state index < -0.39 is 5.72 Å². The third-order valence-corrected chi connectivity index (χ3v) is 5.26. The van der Waals surface area contributed by atoms with Gasteiger partial charge in [-0.25, -0.2) is 4.39 Å². The smallest absolute Gasteiger partial charge is 0.188 e. The highest BCUT2D eigenvalue weighted by Gasteiger charge is 2.49. The van der Waals surface area contributed by atoms with Crippen LogP contribution < -0.4 is 19.7 Å². The SMILES string of the molecule is CCOc1cccc2c1OC1(C)CC2NC(=S)N1c1ccc(F)c(C)c1. The van der Waals surface area contributed by atoms with Gasteiger partial charge in [-0.15, -0.1) is 0 Å². The second kappa shape index (κ2) is 6.13. The predicted molar refractivity (Wildman–Crippen MR) is 103 cm³/mol. The molecule has 2 aliphatic heterocycles. The molecule has 1 saturated heterocycles. The Morgan fingerprint density at radius 1 is 1.38 bits per heavy atom. The molecule has 26 heavy (non-hydrogen) atoms. The first-order valence-corrected chi connectivity index (χ1v) is 9.15. The van der Waals surface area contributed by atoms with Crippen LogP contribution in [-0.4, -0.2) is 17.4 Å². The van der Waals surface area contributed by atoms with Crippen molar-refractivity contribution in [3.63, 3.8) is 0 Å². The van der Waals surface area contributed by atoms with Crippen molar-refractivity contribution in [1.82, 2.24) is 5.32 Å². The number of para-hydroxylation sites is 1. The maximum atomic E-state index is 13.7. The highest BCUT2D eigenvalue weighted by molar-refractivity contribution is 7.80. The Kier molecular flexibility index (Phi) is 4.03. The number of nitrogens with zero attached hydrogens (tertiary/aromatic N) is 1. The molecule has 4 rings (SSSR count). The highest BCUT2D eigenvalue weighted by Crippen LogP contribution is 2.49. The van der Waals surface area contributed by atoms with Gasteiger partial charge in [0.25, 0.3) is 0 Å². The zero-order valence-electron chi connectivity index (χ0n) is 15.0. The zero-order chi connectivity index (χ0) is 18.5. The monoisotopic (exact) mass is 372 g/mol. The number of halogens is 1. The fourth-order valence-corrected chi connectivity index (χ4v) is 4.23. The fraction of sp³-hybridized carbons (Fsp3) is 0.350. The van der Waals surface area contributed by atoms with E-state index >= 15 is 0 Å². The number of thiocarbonyl (C=S) groups is 1. The normalized spacial score (nSPS) is 23.8. The average molecular weight is 372 g/mol. The van der Waals surface area contributed by atoms with Crippen LogP contribution in [0.3, 0.4) is 0 Å². The maximum absolute atomic E-state index is 13.7. The minimum absolute atomic E-state index is 0.0504. The predicted octanol–water partition coefficient (Wildman–Crippen LogP) is 4.47. The number of rotatable bonds is 3. The Balaban J connectivity index is 1.80.